The van der Waals surface area contributed by atoms with Crippen molar-refractivity contribution in [2.75, 3.05) is 43.1 Å². The zero-order valence-corrected chi connectivity index (χ0v) is 21.4. The first-order valence-corrected chi connectivity index (χ1v) is 12.5. The van der Waals surface area contributed by atoms with Gasteiger partial charge in [-0.1, -0.05) is 36.9 Å². The van der Waals surface area contributed by atoms with Crippen LogP contribution < -0.4 is 16.0 Å². The average Bonchev–Trinajstić information content (AvgIpc) is 2.95. The van der Waals surface area contributed by atoms with E-state index in [0.717, 1.165) is 52.2 Å². The average molecular weight is 495 g/mol. The maximum atomic E-state index is 9.06. The van der Waals surface area contributed by atoms with Crippen molar-refractivity contribution in [1.82, 2.24) is 14.9 Å². The van der Waals surface area contributed by atoms with Crippen LogP contribution in [-0.4, -0.2) is 54.4 Å². The molecule has 0 aliphatic carbocycles. The largest absolute Gasteiger partial charge is 0.388 e. The SMILES string of the molecule is C=CC=O.CNc1cccc(-c2cccc3cnc(Nc4ccc(NC5CCN(C)CC5)cc4)nc23)c1. The highest BCUT2D eigenvalue weighted by Crippen LogP contribution is 2.30. The van der Waals surface area contributed by atoms with Crippen LogP contribution in [0.3, 0.4) is 0 Å². The normalized spacial score (nSPS) is 13.8. The fraction of sp³-hybridized carbons (Fsp3) is 0.233. The van der Waals surface area contributed by atoms with Gasteiger partial charge in [-0.3, -0.25) is 4.79 Å². The van der Waals surface area contributed by atoms with E-state index in [2.05, 4.69) is 100 Å². The maximum absolute atomic E-state index is 9.06. The van der Waals surface area contributed by atoms with Gasteiger partial charge in [0, 0.05) is 47.3 Å². The molecule has 2 heterocycles. The Balaban J connectivity index is 0.000000747. The fourth-order valence-corrected chi connectivity index (χ4v) is 4.36. The summed E-state index contributed by atoms with van der Waals surface area (Å²) in [4.78, 5) is 20.8. The Morgan fingerprint density at radius 3 is 2.38 bits per heavy atom. The lowest BCUT2D eigenvalue weighted by molar-refractivity contribution is -0.104. The summed E-state index contributed by atoms with van der Waals surface area (Å²) in [6.45, 7) is 5.41. The third-order valence-corrected chi connectivity index (χ3v) is 6.40. The van der Waals surface area contributed by atoms with Crippen LogP contribution in [0.25, 0.3) is 22.0 Å². The number of carbonyl (C=O) groups excluding carboxylic acids is 1. The van der Waals surface area contributed by atoms with Gasteiger partial charge in [-0.15, -0.1) is 0 Å². The monoisotopic (exact) mass is 494 g/mol. The number of nitrogens with zero attached hydrogens (tertiary/aromatic N) is 3. The van der Waals surface area contributed by atoms with E-state index in [4.69, 9.17) is 9.78 Å². The molecule has 190 valence electrons. The van der Waals surface area contributed by atoms with Gasteiger partial charge in [-0.25, -0.2) is 9.97 Å². The molecule has 1 saturated heterocycles. The number of piperidine rings is 1. The topological polar surface area (TPSA) is 82.2 Å². The number of benzene rings is 3. The molecule has 7 nitrogen and oxygen atoms in total. The van der Waals surface area contributed by atoms with E-state index < -0.39 is 0 Å². The number of hydrogen-bond donors (Lipinski definition) is 3. The van der Waals surface area contributed by atoms with E-state index in [1.165, 1.54) is 18.9 Å². The number of aldehydes is 1. The Hall–Kier alpha value is -4.23. The predicted octanol–water partition coefficient (Wildman–Crippen LogP) is 5.96. The van der Waals surface area contributed by atoms with E-state index in [9.17, 15) is 0 Å². The van der Waals surface area contributed by atoms with Crippen LogP contribution in [-0.2, 0) is 4.79 Å². The van der Waals surface area contributed by atoms with Gasteiger partial charge in [-0.05, 0) is 81.0 Å². The number of para-hydroxylation sites is 1. The summed E-state index contributed by atoms with van der Waals surface area (Å²) in [5.74, 6) is 0.593. The van der Waals surface area contributed by atoms with Crippen molar-refractivity contribution in [2.24, 2.45) is 0 Å². The van der Waals surface area contributed by atoms with E-state index >= 15 is 0 Å². The Labute approximate surface area is 218 Å². The van der Waals surface area contributed by atoms with Gasteiger partial charge >= 0.3 is 0 Å². The Morgan fingerprint density at radius 2 is 1.68 bits per heavy atom. The predicted molar refractivity (Wildman–Crippen MR) is 155 cm³/mol. The van der Waals surface area contributed by atoms with Gasteiger partial charge in [0.1, 0.15) is 6.29 Å². The molecule has 0 radical (unpaired) electrons. The molecule has 37 heavy (non-hydrogen) atoms. The highest BCUT2D eigenvalue weighted by molar-refractivity contribution is 5.94. The summed E-state index contributed by atoms with van der Waals surface area (Å²) in [5.41, 5.74) is 6.35. The van der Waals surface area contributed by atoms with E-state index in [1.807, 2.05) is 19.3 Å². The second kappa shape index (κ2) is 12.6. The van der Waals surface area contributed by atoms with Crippen LogP contribution in [0.5, 0.6) is 0 Å². The van der Waals surface area contributed by atoms with Gasteiger partial charge in [0.05, 0.1) is 5.52 Å². The summed E-state index contributed by atoms with van der Waals surface area (Å²) in [7, 11) is 4.12. The van der Waals surface area contributed by atoms with E-state index in [1.54, 1.807) is 0 Å². The molecule has 0 saturated carbocycles. The number of hydrogen-bond acceptors (Lipinski definition) is 7. The van der Waals surface area contributed by atoms with Crippen LogP contribution in [0.2, 0.25) is 0 Å². The van der Waals surface area contributed by atoms with Crippen LogP contribution in [0.15, 0.2) is 85.6 Å². The Morgan fingerprint density at radius 1 is 0.973 bits per heavy atom. The van der Waals surface area contributed by atoms with Crippen molar-refractivity contribution in [3.05, 3.63) is 85.6 Å². The summed E-state index contributed by atoms with van der Waals surface area (Å²) < 4.78 is 0. The quantitative estimate of drug-likeness (QED) is 0.216. The number of allylic oxidation sites excluding steroid dienone is 1. The number of likely N-dealkylation sites (tertiary alicyclic amines) is 1. The van der Waals surface area contributed by atoms with Crippen LogP contribution in [0, 0.1) is 0 Å². The minimum absolute atomic E-state index is 0.545. The van der Waals surface area contributed by atoms with E-state index in [-0.39, 0.29) is 0 Å². The van der Waals surface area contributed by atoms with Crippen molar-refractivity contribution >= 4 is 40.2 Å². The molecule has 3 N–H and O–H groups in total. The molecule has 7 heteroatoms. The fourth-order valence-electron chi connectivity index (χ4n) is 4.36. The first kappa shape index (κ1) is 25.9. The molecule has 0 unspecified atom stereocenters. The standard InChI is InChI=1S/C27H30N6.C3H4O/c1-28-24-7-3-5-19(17-24)25-8-4-6-20-18-29-27(32-26(20)25)31-22-11-9-21(10-12-22)30-23-13-15-33(2)16-14-23;1-2-3-4/h3-12,17-18,23,28,30H,13-16H2,1-2H3,(H,29,31,32);2-3H,1H2. The molecule has 1 aliphatic rings. The Kier molecular flexibility index (Phi) is 8.84. The second-order valence-corrected chi connectivity index (χ2v) is 9.06. The smallest absolute Gasteiger partial charge is 0.227 e. The summed E-state index contributed by atoms with van der Waals surface area (Å²) in [6, 6.07) is 23.5. The summed E-state index contributed by atoms with van der Waals surface area (Å²) in [5, 5.41) is 11.3. The van der Waals surface area contributed by atoms with Gasteiger partial charge in [0.2, 0.25) is 5.95 Å². The van der Waals surface area contributed by atoms with Crippen LogP contribution in [0.4, 0.5) is 23.0 Å². The third-order valence-electron chi connectivity index (χ3n) is 6.40. The van der Waals surface area contributed by atoms with Gasteiger partial charge < -0.3 is 20.9 Å². The van der Waals surface area contributed by atoms with Crippen LogP contribution >= 0.6 is 0 Å². The molecule has 5 rings (SSSR count). The molecular formula is C30H34N6O. The van der Waals surface area contributed by atoms with Gasteiger partial charge in [0.25, 0.3) is 0 Å². The molecule has 3 aromatic carbocycles. The van der Waals surface area contributed by atoms with Crippen molar-refractivity contribution < 1.29 is 4.79 Å². The van der Waals surface area contributed by atoms with Crippen LogP contribution in [0.1, 0.15) is 12.8 Å². The molecule has 1 fully saturated rings. The molecule has 0 bridgehead atoms. The van der Waals surface area contributed by atoms with Gasteiger partial charge in [0.15, 0.2) is 0 Å². The molecule has 1 aromatic heterocycles. The second-order valence-electron chi connectivity index (χ2n) is 9.06. The minimum atomic E-state index is 0.545. The lowest BCUT2D eigenvalue weighted by Crippen LogP contribution is -2.36. The number of fused-ring (bicyclic) bond motifs is 1. The highest BCUT2D eigenvalue weighted by Gasteiger charge is 2.16. The third kappa shape index (κ3) is 6.92. The molecular weight excluding hydrogens is 460 g/mol. The zero-order valence-electron chi connectivity index (χ0n) is 21.4. The lowest BCUT2D eigenvalue weighted by Gasteiger charge is -2.30. The van der Waals surface area contributed by atoms with Crippen molar-refractivity contribution in [1.29, 1.82) is 0 Å². The van der Waals surface area contributed by atoms with Crippen molar-refractivity contribution in [2.45, 2.75) is 18.9 Å². The summed E-state index contributed by atoms with van der Waals surface area (Å²) in [6.07, 6.45) is 6.08. The molecule has 0 amide bonds. The number of anilines is 4. The number of aromatic nitrogens is 2. The maximum Gasteiger partial charge on any atom is 0.227 e. The molecule has 1 aliphatic heterocycles. The summed E-state index contributed by atoms with van der Waals surface area (Å²) >= 11 is 0. The van der Waals surface area contributed by atoms with E-state index in [0.29, 0.717) is 18.3 Å². The zero-order chi connectivity index (χ0) is 26.0. The molecule has 4 aromatic rings. The first-order chi connectivity index (χ1) is 18.1. The molecule has 0 atom stereocenters. The number of nitrogens with one attached hydrogen (secondary N) is 3. The Bertz CT molecular complexity index is 1320. The number of rotatable bonds is 7. The molecule has 0 spiro atoms. The number of carbonyl (C=O) groups is 1. The van der Waals surface area contributed by atoms with Crippen molar-refractivity contribution in [3.63, 3.8) is 0 Å². The lowest BCUT2D eigenvalue weighted by atomic mass is 10.0. The minimum Gasteiger partial charge on any atom is -0.388 e. The van der Waals surface area contributed by atoms with Crippen molar-refractivity contribution in [3.8, 4) is 11.1 Å². The highest BCUT2D eigenvalue weighted by atomic mass is 16.1. The van der Waals surface area contributed by atoms with Gasteiger partial charge in [-0.2, -0.15) is 0 Å². The first-order valence-electron chi connectivity index (χ1n) is 12.5.